The fourth-order valence-corrected chi connectivity index (χ4v) is 2.61. The topological polar surface area (TPSA) is 96.0 Å². The zero-order valence-electron chi connectivity index (χ0n) is 15.8. The molecule has 0 aliphatic rings. The highest BCUT2D eigenvalue weighted by Gasteiger charge is 2.08. The summed E-state index contributed by atoms with van der Waals surface area (Å²) in [5.74, 6) is -0.313. The molecule has 0 spiro atoms. The highest BCUT2D eigenvalue weighted by molar-refractivity contribution is 5.92. The van der Waals surface area contributed by atoms with Gasteiger partial charge in [0, 0.05) is 24.8 Å². The maximum atomic E-state index is 12.9. The summed E-state index contributed by atoms with van der Waals surface area (Å²) in [7, 11) is 0. The minimum atomic E-state index is -0.334. The number of benzene rings is 2. The Labute approximate surface area is 167 Å². The van der Waals surface area contributed by atoms with Crippen molar-refractivity contribution in [3.05, 3.63) is 77.7 Å². The number of anilines is 3. The maximum Gasteiger partial charge on any atom is 0.271 e. The van der Waals surface area contributed by atoms with E-state index in [2.05, 4.69) is 26.1 Å². The molecule has 0 fully saturated rings. The monoisotopic (exact) mass is 393 g/mol. The molecule has 3 rings (SSSR count). The Morgan fingerprint density at radius 2 is 1.72 bits per heavy atom. The van der Waals surface area contributed by atoms with E-state index in [9.17, 15) is 14.0 Å². The van der Waals surface area contributed by atoms with E-state index in [0.29, 0.717) is 24.5 Å². The first-order valence-electron chi connectivity index (χ1n) is 9.00. The summed E-state index contributed by atoms with van der Waals surface area (Å²) < 4.78 is 12.9. The average Bonchev–Trinajstić information content (AvgIpc) is 2.70. The number of amides is 2. The number of rotatable bonds is 7. The third kappa shape index (κ3) is 6.10. The molecule has 0 unspecified atom stereocenters. The Bertz CT molecular complexity index is 991. The van der Waals surface area contributed by atoms with E-state index in [4.69, 9.17) is 0 Å². The standard InChI is InChI=1S/C21H20FN5O2/c1-14(28)24-17-3-2-4-18(13-17)25-20-10-9-19(26-27-20)21(29)23-12-11-15-5-7-16(22)8-6-15/h2-10,13H,11-12H2,1H3,(H,23,29)(H,24,28)(H,25,27). The minimum Gasteiger partial charge on any atom is -0.350 e. The largest absolute Gasteiger partial charge is 0.350 e. The summed E-state index contributed by atoms with van der Waals surface area (Å²) in [6.07, 6.45) is 0.587. The molecule has 0 aliphatic carbocycles. The van der Waals surface area contributed by atoms with E-state index in [1.165, 1.54) is 19.1 Å². The number of aromatic nitrogens is 2. The van der Waals surface area contributed by atoms with Gasteiger partial charge in [-0.05, 0) is 54.4 Å². The van der Waals surface area contributed by atoms with Gasteiger partial charge in [-0.25, -0.2) is 4.39 Å². The summed E-state index contributed by atoms with van der Waals surface area (Å²) in [6, 6.07) is 16.5. The Balaban J connectivity index is 1.53. The third-order valence-corrected chi connectivity index (χ3v) is 3.97. The van der Waals surface area contributed by atoms with Gasteiger partial charge in [0.25, 0.3) is 5.91 Å². The molecule has 3 aromatic rings. The first-order valence-corrected chi connectivity index (χ1v) is 9.00. The van der Waals surface area contributed by atoms with Crippen LogP contribution in [0, 0.1) is 5.82 Å². The number of nitrogens with one attached hydrogen (secondary N) is 3. The van der Waals surface area contributed by atoms with Crippen LogP contribution in [0.1, 0.15) is 23.0 Å². The van der Waals surface area contributed by atoms with Crippen LogP contribution >= 0.6 is 0 Å². The van der Waals surface area contributed by atoms with Gasteiger partial charge in [0.2, 0.25) is 5.91 Å². The Morgan fingerprint density at radius 1 is 0.966 bits per heavy atom. The Hall–Kier alpha value is -3.81. The molecule has 1 aromatic heterocycles. The highest BCUT2D eigenvalue weighted by atomic mass is 19.1. The Kier molecular flexibility index (Phi) is 6.47. The molecule has 29 heavy (non-hydrogen) atoms. The summed E-state index contributed by atoms with van der Waals surface area (Å²) in [5.41, 5.74) is 2.51. The number of nitrogens with zero attached hydrogens (tertiary/aromatic N) is 2. The lowest BCUT2D eigenvalue weighted by atomic mass is 10.1. The zero-order valence-corrected chi connectivity index (χ0v) is 15.8. The smallest absolute Gasteiger partial charge is 0.271 e. The van der Waals surface area contributed by atoms with Crippen LogP contribution in [0.25, 0.3) is 0 Å². The van der Waals surface area contributed by atoms with Gasteiger partial charge in [-0.3, -0.25) is 9.59 Å². The second-order valence-corrected chi connectivity index (χ2v) is 6.32. The van der Waals surface area contributed by atoms with E-state index >= 15 is 0 Å². The summed E-state index contributed by atoms with van der Waals surface area (Å²) in [4.78, 5) is 23.3. The number of hydrogen-bond acceptors (Lipinski definition) is 5. The maximum absolute atomic E-state index is 12.9. The molecule has 0 radical (unpaired) electrons. The molecule has 8 heteroatoms. The van der Waals surface area contributed by atoms with Crippen LogP contribution in [0.15, 0.2) is 60.7 Å². The van der Waals surface area contributed by atoms with Crippen LogP contribution in [-0.2, 0) is 11.2 Å². The third-order valence-electron chi connectivity index (χ3n) is 3.97. The van der Waals surface area contributed by atoms with Crippen molar-refractivity contribution in [3.8, 4) is 0 Å². The molecule has 0 saturated heterocycles. The average molecular weight is 393 g/mol. The molecule has 0 aliphatic heterocycles. The van der Waals surface area contributed by atoms with Crippen molar-refractivity contribution < 1.29 is 14.0 Å². The lowest BCUT2D eigenvalue weighted by molar-refractivity contribution is -0.114. The predicted molar refractivity (Wildman–Crippen MR) is 108 cm³/mol. The van der Waals surface area contributed by atoms with Gasteiger partial charge in [0.05, 0.1) is 0 Å². The lowest BCUT2D eigenvalue weighted by Gasteiger charge is -2.08. The first-order chi connectivity index (χ1) is 14.0. The van der Waals surface area contributed by atoms with Crippen molar-refractivity contribution in [1.29, 1.82) is 0 Å². The van der Waals surface area contributed by atoms with Crippen molar-refractivity contribution in [2.24, 2.45) is 0 Å². The van der Waals surface area contributed by atoms with Crippen molar-refractivity contribution in [3.63, 3.8) is 0 Å². The molecule has 148 valence electrons. The quantitative estimate of drug-likeness (QED) is 0.572. The lowest BCUT2D eigenvalue weighted by Crippen LogP contribution is -2.26. The van der Waals surface area contributed by atoms with Gasteiger partial charge in [-0.1, -0.05) is 18.2 Å². The number of halogens is 1. The molecule has 3 N–H and O–H groups in total. The summed E-state index contributed by atoms with van der Waals surface area (Å²) in [6.45, 7) is 1.84. The predicted octanol–water partition coefficient (Wildman–Crippen LogP) is 3.29. The normalized spacial score (nSPS) is 10.3. The second kappa shape index (κ2) is 9.41. The SMILES string of the molecule is CC(=O)Nc1cccc(Nc2ccc(C(=O)NCCc3ccc(F)cc3)nn2)c1. The summed E-state index contributed by atoms with van der Waals surface area (Å²) in [5, 5.41) is 16.5. The van der Waals surface area contributed by atoms with Crippen LogP contribution in [-0.4, -0.2) is 28.6 Å². The molecule has 2 amide bonds. The van der Waals surface area contributed by atoms with E-state index in [-0.39, 0.29) is 23.3 Å². The highest BCUT2D eigenvalue weighted by Crippen LogP contribution is 2.18. The summed E-state index contributed by atoms with van der Waals surface area (Å²) >= 11 is 0. The van der Waals surface area contributed by atoms with Crippen molar-refractivity contribution in [2.45, 2.75) is 13.3 Å². The van der Waals surface area contributed by atoms with Crippen LogP contribution in [0.4, 0.5) is 21.6 Å². The van der Waals surface area contributed by atoms with Gasteiger partial charge in [-0.2, -0.15) is 0 Å². The van der Waals surface area contributed by atoms with Crippen LogP contribution in [0.5, 0.6) is 0 Å². The van der Waals surface area contributed by atoms with Gasteiger partial charge in [0.1, 0.15) is 5.82 Å². The van der Waals surface area contributed by atoms with Gasteiger partial charge in [-0.15, -0.1) is 10.2 Å². The molecular weight excluding hydrogens is 373 g/mol. The number of hydrogen-bond donors (Lipinski definition) is 3. The molecule has 0 bridgehead atoms. The Morgan fingerprint density at radius 3 is 2.41 bits per heavy atom. The molecule has 0 atom stereocenters. The zero-order chi connectivity index (χ0) is 20.6. The number of carbonyl (C=O) groups is 2. The van der Waals surface area contributed by atoms with Crippen LogP contribution < -0.4 is 16.0 Å². The minimum absolute atomic E-state index is 0.156. The first kappa shape index (κ1) is 19.9. The fraction of sp³-hybridized carbons (Fsp3) is 0.143. The van der Waals surface area contributed by atoms with Crippen molar-refractivity contribution in [2.75, 3.05) is 17.2 Å². The number of carbonyl (C=O) groups excluding carboxylic acids is 2. The molecule has 1 heterocycles. The van der Waals surface area contributed by atoms with Gasteiger partial charge < -0.3 is 16.0 Å². The van der Waals surface area contributed by atoms with E-state index in [0.717, 1.165) is 11.3 Å². The van der Waals surface area contributed by atoms with Crippen LogP contribution in [0.2, 0.25) is 0 Å². The fourth-order valence-electron chi connectivity index (χ4n) is 2.61. The molecular formula is C21H20FN5O2. The molecule has 2 aromatic carbocycles. The van der Waals surface area contributed by atoms with Gasteiger partial charge >= 0.3 is 0 Å². The molecule has 7 nitrogen and oxygen atoms in total. The van der Waals surface area contributed by atoms with E-state index < -0.39 is 0 Å². The van der Waals surface area contributed by atoms with Gasteiger partial charge in [0.15, 0.2) is 11.5 Å². The van der Waals surface area contributed by atoms with E-state index in [1.807, 2.05) is 6.07 Å². The van der Waals surface area contributed by atoms with E-state index in [1.54, 1.807) is 42.5 Å². The second-order valence-electron chi connectivity index (χ2n) is 6.32. The van der Waals surface area contributed by atoms with Crippen molar-refractivity contribution in [1.82, 2.24) is 15.5 Å². The molecule has 0 saturated carbocycles. The van der Waals surface area contributed by atoms with Crippen LogP contribution in [0.3, 0.4) is 0 Å². The van der Waals surface area contributed by atoms with Crippen molar-refractivity contribution >= 4 is 29.0 Å².